The van der Waals surface area contributed by atoms with Gasteiger partial charge in [-0.25, -0.2) is 0 Å². The van der Waals surface area contributed by atoms with E-state index in [4.69, 9.17) is 0 Å². The summed E-state index contributed by atoms with van der Waals surface area (Å²) in [5.74, 6) is 1.19. The molecule has 0 atom stereocenters. The van der Waals surface area contributed by atoms with Crippen LogP contribution in [0.5, 0.6) is 0 Å². The third-order valence-electron chi connectivity index (χ3n) is 4.32. The lowest BCUT2D eigenvalue weighted by Gasteiger charge is -2.27. The van der Waals surface area contributed by atoms with Gasteiger partial charge in [-0.1, -0.05) is 26.2 Å². The van der Waals surface area contributed by atoms with Crippen molar-refractivity contribution in [2.75, 3.05) is 13.1 Å². The predicted octanol–water partition coefficient (Wildman–Crippen LogP) is 2.81. The van der Waals surface area contributed by atoms with Crippen LogP contribution in [0, 0.1) is 11.8 Å². The van der Waals surface area contributed by atoms with Crippen molar-refractivity contribution in [1.82, 2.24) is 10.6 Å². The SMILES string of the molecule is CCC1CCC(CNC(=O)CNC(=O)c2ccsc2)CC1. The fourth-order valence-corrected chi connectivity index (χ4v) is 3.46. The fourth-order valence-electron chi connectivity index (χ4n) is 2.82. The molecule has 0 aromatic carbocycles. The monoisotopic (exact) mass is 308 g/mol. The molecule has 2 amide bonds. The van der Waals surface area contributed by atoms with Gasteiger partial charge in [0, 0.05) is 17.5 Å². The van der Waals surface area contributed by atoms with E-state index in [0.717, 1.165) is 12.5 Å². The zero-order valence-corrected chi connectivity index (χ0v) is 13.4. The van der Waals surface area contributed by atoms with Gasteiger partial charge in [-0.3, -0.25) is 9.59 Å². The molecule has 0 spiro atoms. The van der Waals surface area contributed by atoms with Crippen LogP contribution in [0.25, 0.3) is 0 Å². The maximum atomic E-state index is 11.8. The van der Waals surface area contributed by atoms with Crippen LogP contribution in [-0.4, -0.2) is 24.9 Å². The Morgan fingerprint density at radius 1 is 1.19 bits per heavy atom. The molecule has 4 nitrogen and oxygen atoms in total. The van der Waals surface area contributed by atoms with E-state index >= 15 is 0 Å². The van der Waals surface area contributed by atoms with Crippen molar-refractivity contribution in [2.45, 2.75) is 39.0 Å². The number of hydrogen-bond donors (Lipinski definition) is 2. The summed E-state index contributed by atoms with van der Waals surface area (Å²) in [7, 11) is 0. The highest BCUT2D eigenvalue weighted by Crippen LogP contribution is 2.29. The quantitative estimate of drug-likeness (QED) is 0.849. The van der Waals surface area contributed by atoms with E-state index in [0.29, 0.717) is 11.5 Å². The van der Waals surface area contributed by atoms with Gasteiger partial charge in [-0.2, -0.15) is 11.3 Å². The molecule has 1 aromatic heterocycles. The first-order valence-corrected chi connectivity index (χ1v) is 8.70. The Morgan fingerprint density at radius 3 is 2.52 bits per heavy atom. The summed E-state index contributed by atoms with van der Waals surface area (Å²) in [6.07, 6.45) is 6.26. The second kappa shape index (κ2) is 8.17. The molecule has 1 heterocycles. The Bertz CT molecular complexity index is 451. The lowest BCUT2D eigenvalue weighted by atomic mass is 9.81. The molecule has 0 radical (unpaired) electrons. The van der Waals surface area contributed by atoms with Gasteiger partial charge in [0.25, 0.3) is 5.91 Å². The first-order valence-electron chi connectivity index (χ1n) is 7.76. The lowest BCUT2D eigenvalue weighted by Crippen LogP contribution is -2.39. The summed E-state index contributed by atoms with van der Waals surface area (Å²) in [5, 5.41) is 9.21. The number of thiophene rings is 1. The average molecular weight is 308 g/mol. The molecule has 0 aliphatic heterocycles. The Morgan fingerprint density at radius 2 is 1.90 bits per heavy atom. The van der Waals surface area contributed by atoms with E-state index in [9.17, 15) is 9.59 Å². The minimum Gasteiger partial charge on any atom is -0.354 e. The van der Waals surface area contributed by atoms with Crippen molar-refractivity contribution in [3.05, 3.63) is 22.4 Å². The van der Waals surface area contributed by atoms with Gasteiger partial charge in [0.1, 0.15) is 0 Å². The van der Waals surface area contributed by atoms with Crippen molar-refractivity contribution >= 4 is 23.2 Å². The number of carbonyl (C=O) groups is 2. The van der Waals surface area contributed by atoms with Crippen LogP contribution in [0.3, 0.4) is 0 Å². The molecule has 2 N–H and O–H groups in total. The molecular formula is C16H24N2O2S. The van der Waals surface area contributed by atoms with Crippen molar-refractivity contribution in [3.8, 4) is 0 Å². The van der Waals surface area contributed by atoms with Gasteiger partial charge in [-0.05, 0) is 36.1 Å². The number of nitrogens with one attached hydrogen (secondary N) is 2. The molecule has 1 aliphatic rings. The van der Waals surface area contributed by atoms with E-state index in [2.05, 4.69) is 17.6 Å². The summed E-state index contributed by atoms with van der Waals surface area (Å²) < 4.78 is 0. The molecule has 1 aromatic rings. The third kappa shape index (κ3) is 5.16. The predicted molar refractivity (Wildman–Crippen MR) is 85.4 cm³/mol. The Kier molecular flexibility index (Phi) is 6.23. The molecule has 0 bridgehead atoms. The number of carbonyl (C=O) groups excluding carboxylic acids is 2. The van der Waals surface area contributed by atoms with Gasteiger partial charge in [0.05, 0.1) is 6.54 Å². The van der Waals surface area contributed by atoms with Gasteiger partial charge in [-0.15, -0.1) is 0 Å². The summed E-state index contributed by atoms with van der Waals surface area (Å²) in [4.78, 5) is 23.5. The summed E-state index contributed by atoms with van der Waals surface area (Å²) in [5.41, 5.74) is 0.616. The maximum absolute atomic E-state index is 11.8. The largest absolute Gasteiger partial charge is 0.354 e. The third-order valence-corrected chi connectivity index (χ3v) is 5.01. The second-order valence-corrected chi connectivity index (χ2v) is 6.57. The van der Waals surface area contributed by atoms with Crippen LogP contribution in [0.2, 0.25) is 0 Å². The summed E-state index contributed by atoms with van der Waals surface area (Å²) >= 11 is 1.47. The first kappa shape index (κ1) is 16.0. The van der Waals surface area contributed by atoms with Crippen LogP contribution in [-0.2, 0) is 4.79 Å². The zero-order chi connectivity index (χ0) is 15.1. The highest BCUT2D eigenvalue weighted by Gasteiger charge is 2.20. The highest BCUT2D eigenvalue weighted by molar-refractivity contribution is 7.08. The minimum atomic E-state index is -0.185. The molecule has 5 heteroatoms. The molecule has 0 saturated heterocycles. The van der Waals surface area contributed by atoms with Gasteiger partial charge < -0.3 is 10.6 Å². The molecule has 116 valence electrons. The molecule has 21 heavy (non-hydrogen) atoms. The Balaban J connectivity index is 1.61. The molecular weight excluding hydrogens is 284 g/mol. The number of rotatable bonds is 6. The van der Waals surface area contributed by atoms with Crippen LogP contribution in [0.15, 0.2) is 16.8 Å². The number of amides is 2. The Hall–Kier alpha value is -1.36. The molecule has 1 saturated carbocycles. The minimum absolute atomic E-state index is 0.0545. The van der Waals surface area contributed by atoms with E-state index < -0.39 is 0 Å². The van der Waals surface area contributed by atoms with Crippen LogP contribution < -0.4 is 10.6 Å². The fraction of sp³-hybridized carbons (Fsp3) is 0.625. The van der Waals surface area contributed by atoms with Crippen molar-refractivity contribution < 1.29 is 9.59 Å². The lowest BCUT2D eigenvalue weighted by molar-refractivity contribution is -0.120. The molecule has 1 aliphatic carbocycles. The van der Waals surface area contributed by atoms with Crippen molar-refractivity contribution in [3.63, 3.8) is 0 Å². The van der Waals surface area contributed by atoms with Gasteiger partial charge in [0.2, 0.25) is 5.91 Å². The summed E-state index contributed by atoms with van der Waals surface area (Å²) in [6.45, 7) is 3.05. The number of hydrogen-bond acceptors (Lipinski definition) is 3. The molecule has 0 unspecified atom stereocenters. The Labute approximate surface area is 130 Å². The van der Waals surface area contributed by atoms with Gasteiger partial charge in [0.15, 0.2) is 0 Å². The molecule has 1 fully saturated rings. The topological polar surface area (TPSA) is 58.2 Å². The zero-order valence-electron chi connectivity index (χ0n) is 12.6. The standard InChI is InChI=1S/C16H24N2O2S/c1-2-12-3-5-13(6-4-12)9-17-15(19)10-18-16(20)14-7-8-21-11-14/h7-8,11-13H,2-6,9-10H2,1H3,(H,17,19)(H,18,20). The highest BCUT2D eigenvalue weighted by atomic mass is 32.1. The van der Waals surface area contributed by atoms with Crippen LogP contribution in [0.1, 0.15) is 49.4 Å². The smallest absolute Gasteiger partial charge is 0.252 e. The van der Waals surface area contributed by atoms with Crippen LogP contribution >= 0.6 is 11.3 Å². The van der Waals surface area contributed by atoms with E-state index in [-0.39, 0.29) is 18.4 Å². The first-order chi connectivity index (χ1) is 10.2. The summed E-state index contributed by atoms with van der Waals surface area (Å²) in [6, 6.07) is 1.75. The average Bonchev–Trinajstić information content (AvgIpc) is 3.05. The normalized spacial score (nSPS) is 21.8. The van der Waals surface area contributed by atoms with E-state index in [1.54, 1.807) is 11.4 Å². The van der Waals surface area contributed by atoms with Crippen LogP contribution in [0.4, 0.5) is 0 Å². The maximum Gasteiger partial charge on any atom is 0.252 e. The second-order valence-electron chi connectivity index (χ2n) is 5.79. The van der Waals surface area contributed by atoms with Gasteiger partial charge >= 0.3 is 0 Å². The molecule has 2 rings (SSSR count). The van der Waals surface area contributed by atoms with E-state index in [1.165, 1.54) is 43.4 Å². The van der Waals surface area contributed by atoms with Crippen molar-refractivity contribution in [1.29, 1.82) is 0 Å². The van der Waals surface area contributed by atoms with E-state index in [1.807, 2.05) is 5.38 Å². The van der Waals surface area contributed by atoms with Crippen molar-refractivity contribution in [2.24, 2.45) is 11.8 Å².